The molecular weight excluding hydrogens is 308 g/mol. The monoisotopic (exact) mass is 330 g/mol. The first-order valence-electron chi connectivity index (χ1n) is 8.22. The minimum Gasteiger partial charge on any atom is -0.375 e. The van der Waals surface area contributed by atoms with E-state index in [1.54, 1.807) is 9.91 Å². The van der Waals surface area contributed by atoms with Gasteiger partial charge in [0.25, 0.3) is 5.91 Å². The summed E-state index contributed by atoms with van der Waals surface area (Å²) in [6, 6.07) is 8.65. The molecule has 24 heavy (non-hydrogen) atoms. The van der Waals surface area contributed by atoms with Crippen LogP contribution >= 0.6 is 0 Å². The number of hydrogen-bond acceptors (Lipinski definition) is 5. The summed E-state index contributed by atoms with van der Waals surface area (Å²) in [4.78, 5) is 26.3. The Hall–Kier alpha value is -2.41. The number of carbonyl (C=O) groups is 2. The fourth-order valence-corrected chi connectivity index (χ4v) is 3.01. The second kappa shape index (κ2) is 7.00. The minimum absolute atomic E-state index is 0.0573. The Morgan fingerprint density at radius 1 is 1.33 bits per heavy atom. The molecule has 128 valence electrons. The van der Waals surface area contributed by atoms with Crippen molar-refractivity contribution in [2.24, 2.45) is 10.8 Å². The van der Waals surface area contributed by atoms with Crippen molar-refractivity contribution in [3.63, 3.8) is 0 Å². The number of nitrogens with two attached hydrogens (primary N) is 1. The van der Waals surface area contributed by atoms with Gasteiger partial charge in [-0.1, -0.05) is 25.1 Å². The second-order valence-electron chi connectivity index (χ2n) is 6.00. The molecule has 1 fully saturated rings. The zero-order valence-corrected chi connectivity index (χ0v) is 13.7. The Balaban J connectivity index is 1.80. The molecule has 2 heterocycles. The van der Waals surface area contributed by atoms with Gasteiger partial charge in [-0.3, -0.25) is 14.6 Å². The van der Waals surface area contributed by atoms with Crippen molar-refractivity contribution < 1.29 is 14.3 Å². The molecule has 0 bridgehead atoms. The number of amides is 2. The van der Waals surface area contributed by atoms with E-state index in [9.17, 15) is 9.59 Å². The zero-order valence-electron chi connectivity index (χ0n) is 13.7. The van der Waals surface area contributed by atoms with Gasteiger partial charge in [-0.05, 0) is 18.6 Å². The summed E-state index contributed by atoms with van der Waals surface area (Å²) in [5.41, 5.74) is 6.63. The molecule has 0 unspecified atom stereocenters. The number of para-hydroxylation sites is 1. The average Bonchev–Trinajstić information content (AvgIpc) is 3.07. The molecule has 3 rings (SSSR count). The van der Waals surface area contributed by atoms with Crippen molar-refractivity contribution >= 4 is 23.2 Å². The lowest BCUT2D eigenvalue weighted by Gasteiger charge is -2.32. The van der Waals surface area contributed by atoms with Gasteiger partial charge in [0, 0.05) is 19.5 Å². The predicted octanol–water partition coefficient (Wildman–Crippen LogP) is 0.744. The predicted molar refractivity (Wildman–Crippen MR) is 90.6 cm³/mol. The third kappa shape index (κ3) is 3.26. The SMILES string of the molecule is CC[C@@H]1CN(C(=O)C2=NN(c3ccccc3)[C@H](C(N)=O)C2)CCO1. The first kappa shape index (κ1) is 16.4. The zero-order chi connectivity index (χ0) is 17.1. The van der Waals surface area contributed by atoms with Gasteiger partial charge in [0.2, 0.25) is 5.91 Å². The van der Waals surface area contributed by atoms with Crippen molar-refractivity contribution in [3.05, 3.63) is 30.3 Å². The third-order valence-electron chi connectivity index (χ3n) is 4.39. The standard InChI is InChI=1S/C17H22N4O3/c1-2-13-11-20(8-9-24-13)17(23)14-10-15(16(18)22)21(19-14)12-6-4-3-5-7-12/h3-7,13,15H,2,8-11H2,1H3,(H2,18,22)/t13-,15+/m1/s1. The van der Waals surface area contributed by atoms with Crippen LogP contribution in [0, 0.1) is 0 Å². The van der Waals surface area contributed by atoms with Crippen LogP contribution in [0.1, 0.15) is 19.8 Å². The Bertz CT molecular complexity index is 646. The normalized spacial score (nSPS) is 24.0. The molecule has 2 atom stereocenters. The molecular formula is C17H22N4O3. The van der Waals surface area contributed by atoms with E-state index in [0.29, 0.717) is 25.4 Å². The van der Waals surface area contributed by atoms with Gasteiger partial charge in [-0.15, -0.1) is 0 Å². The number of ether oxygens (including phenoxy) is 1. The van der Waals surface area contributed by atoms with Crippen molar-refractivity contribution in [2.45, 2.75) is 31.9 Å². The molecule has 1 aromatic rings. The fraction of sp³-hybridized carbons (Fsp3) is 0.471. The van der Waals surface area contributed by atoms with Gasteiger partial charge in [-0.25, -0.2) is 0 Å². The van der Waals surface area contributed by atoms with Gasteiger partial charge in [0.15, 0.2) is 0 Å². The molecule has 0 saturated carbocycles. The van der Waals surface area contributed by atoms with Crippen LogP contribution in [0.3, 0.4) is 0 Å². The molecule has 1 aromatic carbocycles. The molecule has 1 saturated heterocycles. The van der Waals surface area contributed by atoms with Crippen LogP contribution in [0.15, 0.2) is 35.4 Å². The second-order valence-corrected chi connectivity index (χ2v) is 6.00. The van der Waals surface area contributed by atoms with E-state index in [1.165, 1.54) is 0 Å². The highest BCUT2D eigenvalue weighted by Gasteiger charge is 2.37. The lowest BCUT2D eigenvalue weighted by Crippen LogP contribution is -2.48. The maximum absolute atomic E-state index is 12.8. The summed E-state index contributed by atoms with van der Waals surface area (Å²) in [5.74, 6) is -0.625. The van der Waals surface area contributed by atoms with Gasteiger partial charge in [-0.2, -0.15) is 5.10 Å². The van der Waals surface area contributed by atoms with Gasteiger partial charge in [0.1, 0.15) is 11.8 Å². The maximum Gasteiger partial charge on any atom is 0.270 e. The van der Waals surface area contributed by atoms with Crippen LogP contribution in [0.25, 0.3) is 0 Å². The number of benzene rings is 1. The lowest BCUT2D eigenvalue weighted by molar-refractivity contribution is -0.131. The minimum atomic E-state index is -0.630. The van der Waals surface area contributed by atoms with Crippen LogP contribution < -0.4 is 10.7 Å². The van der Waals surface area contributed by atoms with Gasteiger partial charge in [0.05, 0.1) is 18.4 Å². The summed E-state index contributed by atoms with van der Waals surface area (Å²) < 4.78 is 5.60. The number of anilines is 1. The number of hydrogen-bond donors (Lipinski definition) is 1. The van der Waals surface area contributed by atoms with Crippen LogP contribution in [-0.2, 0) is 14.3 Å². The van der Waals surface area contributed by atoms with Crippen molar-refractivity contribution in [3.8, 4) is 0 Å². The van der Waals surface area contributed by atoms with Crippen molar-refractivity contribution in [1.82, 2.24) is 4.90 Å². The largest absolute Gasteiger partial charge is 0.375 e. The van der Waals surface area contributed by atoms with E-state index in [0.717, 1.165) is 12.1 Å². The summed E-state index contributed by atoms with van der Waals surface area (Å²) in [5, 5.41) is 5.95. The Labute approximate surface area is 141 Å². The number of morpholine rings is 1. The fourth-order valence-electron chi connectivity index (χ4n) is 3.01. The molecule has 0 spiro atoms. The Morgan fingerprint density at radius 3 is 2.75 bits per heavy atom. The van der Waals surface area contributed by atoms with E-state index < -0.39 is 11.9 Å². The van der Waals surface area contributed by atoms with Crippen LogP contribution in [0.4, 0.5) is 5.69 Å². The Kier molecular flexibility index (Phi) is 4.80. The first-order valence-corrected chi connectivity index (χ1v) is 8.22. The highest BCUT2D eigenvalue weighted by atomic mass is 16.5. The number of rotatable bonds is 4. The van der Waals surface area contributed by atoms with E-state index in [1.807, 2.05) is 37.3 Å². The molecule has 2 aliphatic rings. The lowest BCUT2D eigenvalue weighted by atomic mass is 10.1. The smallest absolute Gasteiger partial charge is 0.270 e. The number of carbonyl (C=O) groups excluding carboxylic acids is 2. The van der Waals surface area contributed by atoms with E-state index >= 15 is 0 Å². The quantitative estimate of drug-likeness (QED) is 0.882. The molecule has 2 N–H and O–H groups in total. The molecule has 7 heteroatoms. The number of hydrazone groups is 1. The molecule has 0 aliphatic carbocycles. The summed E-state index contributed by atoms with van der Waals surface area (Å²) in [6.07, 6.45) is 1.15. The van der Waals surface area contributed by atoms with Crippen molar-refractivity contribution in [2.75, 3.05) is 24.7 Å². The van der Waals surface area contributed by atoms with Gasteiger partial charge < -0.3 is 15.4 Å². The van der Waals surface area contributed by atoms with Gasteiger partial charge >= 0.3 is 0 Å². The van der Waals surface area contributed by atoms with Crippen LogP contribution in [0.5, 0.6) is 0 Å². The molecule has 0 radical (unpaired) electrons. The highest BCUT2D eigenvalue weighted by molar-refractivity contribution is 6.40. The van der Waals surface area contributed by atoms with E-state index in [-0.39, 0.29) is 18.4 Å². The first-order chi connectivity index (χ1) is 11.6. The summed E-state index contributed by atoms with van der Waals surface area (Å²) >= 11 is 0. The third-order valence-corrected chi connectivity index (χ3v) is 4.39. The van der Waals surface area contributed by atoms with E-state index in [4.69, 9.17) is 10.5 Å². The topological polar surface area (TPSA) is 88.2 Å². The van der Waals surface area contributed by atoms with Crippen LogP contribution in [0.2, 0.25) is 0 Å². The number of primary amides is 1. The van der Waals surface area contributed by atoms with E-state index in [2.05, 4.69) is 5.10 Å². The molecule has 7 nitrogen and oxygen atoms in total. The average molecular weight is 330 g/mol. The van der Waals surface area contributed by atoms with Crippen LogP contribution in [-0.4, -0.2) is 54.3 Å². The molecule has 2 aliphatic heterocycles. The van der Waals surface area contributed by atoms with Crippen molar-refractivity contribution in [1.29, 1.82) is 0 Å². The highest BCUT2D eigenvalue weighted by Crippen LogP contribution is 2.25. The maximum atomic E-state index is 12.8. The Morgan fingerprint density at radius 2 is 2.08 bits per heavy atom. The molecule has 2 amide bonds. The molecule has 0 aromatic heterocycles. The summed E-state index contributed by atoms with van der Waals surface area (Å²) in [6.45, 7) is 3.66. The summed E-state index contributed by atoms with van der Waals surface area (Å²) in [7, 11) is 0. The number of nitrogens with zero attached hydrogens (tertiary/aromatic N) is 3.